The smallest absolute Gasteiger partial charge is 0.164 e. The lowest BCUT2D eigenvalue weighted by Gasteiger charge is -2.26. The molecule has 0 spiro atoms. The molecule has 5 nitrogen and oxygen atoms in total. The lowest BCUT2D eigenvalue weighted by atomic mass is 10.0. The number of thiophene rings is 1. The zero-order valence-corrected chi connectivity index (χ0v) is 31.4. The van der Waals surface area contributed by atoms with Gasteiger partial charge in [-0.25, -0.2) is 15.0 Å². The number of hydrogen-bond acceptors (Lipinski definition) is 6. The van der Waals surface area contributed by atoms with Gasteiger partial charge < -0.3 is 9.32 Å². The first-order chi connectivity index (χ1) is 28.2. The molecule has 0 atom stereocenters. The quantitative estimate of drug-likeness (QED) is 0.162. The Kier molecular flexibility index (Phi) is 7.93. The van der Waals surface area contributed by atoms with Crippen molar-refractivity contribution in [1.82, 2.24) is 15.0 Å². The first kappa shape index (κ1) is 33.0. The van der Waals surface area contributed by atoms with Gasteiger partial charge in [-0.05, 0) is 65.7 Å². The Morgan fingerprint density at radius 2 is 0.912 bits per heavy atom. The molecule has 0 aliphatic rings. The molecule has 268 valence electrons. The molecule has 3 aromatic heterocycles. The van der Waals surface area contributed by atoms with Crippen LogP contribution in [-0.4, -0.2) is 15.0 Å². The monoisotopic (exact) mass is 748 g/mol. The summed E-state index contributed by atoms with van der Waals surface area (Å²) in [6, 6.07) is 67.5. The third-order valence-corrected chi connectivity index (χ3v) is 11.7. The Morgan fingerprint density at radius 1 is 0.368 bits per heavy atom. The first-order valence-corrected chi connectivity index (χ1v) is 19.7. The average molecular weight is 749 g/mol. The maximum Gasteiger partial charge on any atom is 0.164 e. The minimum absolute atomic E-state index is 0.585. The maximum atomic E-state index is 6.70. The Labute approximate surface area is 332 Å². The van der Waals surface area contributed by atoms with Crippen LogP contribution in [-0.2, 0) is 0 Å². The fourth-order valence-electron chi connectivity index (χ4n) is 7.78. The van der Waals surface area contributed by atoms with Gasteiger partial charge in [0.05, 0.1) is 11.1 Å². The molecular formula is C51H32N4OS. The fraction of sp³-hybridized carbons (Fsp3) is 0. The van der Waals surface area contributed by atoms with Gasteiger partial charge in [0, 0.05) is 53.6 Å². The van der Waals surface area contributed by atoms with Crippen molar-refractivity contribution in [2.75, 3.05) is 4.90 Å². The van der Waals surface area contributed by atoms with Crippen LogP contribution in [0.25, 0.3) is 87.4 Å². The highest BCUT2D eigenvalue weighted by Gasteiger charge is 2.21. The van der Waals surface area contributed by atoms with E-state index in [1.807, 2.05) is 78.1 Å². The molecule has 11 rings (SSSR count). The molecule has 0 radical (unpaired) electrons. The zero-order valence-electron chi connectivity index (χ0n) is 30.6. The predicted octanol–water partition coefficient (Wildman–Crippen LogP) is 14.3. The van der Waals surface area contributed by atoms with E-state index in [0.717, 1.165) is 55.7 Å². The molecule has 8 aromatic carbocycles. The minimum atomic E-state index is 0.585. The largest absolute Gasteiger partial charge is 0.456 e. The second-order valence-electron chi connectivity index (χ2n) is 14.0. The summed E-state index contributed by atoms with van der Waals surface area (Å²) in [5.74, 6) is 1.83. The molecule has 0 N–H and O–H groups in total. The summed E-state index contributed by atoms with van der Waals surface area (Å²) in [6.07, 6.45) is 0. The van der Waals surface area contributed by atoms with Gasteiger partial charge in [0.1, 0.15) is 11.2 Å². The molecular weight excluding hydrogens is 717 g/mol. The van der Waals surface area contributed by atoms with Crippen molar-refractivity contribution in [3.63, 3.8) is 0 Å². The number of fused-ring (bicyclic) bond motifs is 6. The zero-order chi connectivity index (χ0) is 37.7. The van der Waals surface area contributed by atoms with E-state index in [9.17, 15) is 0 Å². The van der Waals surface area contributed by atoms with Gasteiger partial charge in [0.2, 0.25) is 0 Å². The van der Waals surface area contributed by atoms with Crippen LogP contribution < -0.4 is 4.90 Å². The van der Waals surface area contributed by atoms with E-state index < -0.39 is 0 Å². The van der Waals surface area contributed by atoms with Gasteiger partial charge >= 0.3 is 0 Å². The van der Waals surface area contributed by atoms with Gasteiger partial charge in [0.25, 0.3) is 0 Å². The van der Waals surface area contributed by atoms with Gasteiger partial charge in [-0.2, -0.15) is 0 Å². The van der Waals surface area contributed by atoms with E-state index in [1.54, 1.807) is 0 Å². The highest BCUT2D eigenvalue weighted by molar-refractivity contribution is 7.25. The van der Waals surface area contributed by atoms with E-state index >= 15 is 0 Å². The van der Waals surface area contributed by atoms with Crippen LogP contribution in [0.2, 0.25) is 0 Å². The SMILES string of the molecule is c1ccc(-c2ccc(N(c3ccc4c(c3)sc3ccccc34)c3cccc4oc5cc(-c6nc(-c7ccccc7)nc(-c7ccccc7)n6)ccc5c34)cc2)cc1. The normalized spacial score (nSPS) is 11.5. The lowest BCUT2D eigenvalue weighted by Crippen LogP contribution is -2.10. The highest BCUT2D eigenvalue weighted by Crippen LogP contribution is 2.45. The molecule has 3 heterocycles. The van der Waals surface area contributed by atoms with Crippen LogP contribution >= 0.6 is 11.3 Å². The fourth-order valence-corrected chi connectivity index (χ4v) is 8.92. The molecule has 0 bridgehead atoms. The van der Waals surface area contributed by atoms with Crippen molar-refractivity contribution in [2.45, 2.75) is 0 Å². The minimum Gasteiger partial charge on any atom is -0.456 e. The van der Waals surface area contributed by atoms with Crippen LogP contribution in [0.15, 0.2) is 199 Å². The summed E-state index contributed by atoms with van der Waals surface area (Å²) in [6.45, 7) is 0. The molecule has 0 saturated heterocycles. The van der Waals surface area contributed by atoms with Crippen molar-refractivity contribution in [3.8, 4) is 45.3 Å². The second-order valence-corrected chi connectivity index (χ2v) is 15.1. The molecule has 0 fully saturated rings. The van der Waals surface area contributed by atoms with Crippen molar-refractivity contribution in [3.05, 3.63) is 194 Å². The van der Waals surface area contributed by atoms with Crippen LogP contribution in [0, 0.1) is 0 Å². The standard InChI is InChI=1S/C51H32N4OS/c1-4-13-33(14-5-1)34-23-26-38(27-24-34)55(39-28-30-41-40-19-10-11-22-46(40)57-47(41)32-39)43-20-12-21-44-48(43)42-29-25-37(31-45(42)56-44)51-53-49(35-15-6-2-7-16-35)52-50(54-51)36-17-8-3-9-18-36/h1-32H. The van der Waals surface area contributed by atoms with Crippen molar-refractivity contribution in [2.24, 2.45) is 0 Å². The second kappa shape index (κ2) is 13.7. The Balaban J connectivity index is 1.07. The first-order valence-electron chi connectivity index (χ1n) is 18.9. The van der Waals surface area contributed by atoms with Crippen LogP contribution in [0.1, 0.15) is 0 Å². The van der Waals surface area contributed by atoms with Crippen LogP contribution in [0.4, 0.5) is 17.1 Å². The molecule has 57 heavy (non-hydrogen) atoms. The van der Waals surface area contributed by atoms with Gasteiger partial charge in [0.15, 0.2) is 17.5 Å². The molecule has 0 aliphatic carbocycles. The lowest BCUT2D eigenvalue weighted by molar-refractivity contribution is 0.669. The molecule has 0 unspecified atom stereocenters. The average Bonchev–Trinajstić information content (AvgIpc) is 3.85. The van der Waals surface area contributed by atoms with Crippen molar-refractivity contribution >= 4 is 70.5 Å². The van der Waals surface area contributed by atoms with Crippen molar-refractivity contribution < 1.29 is 4.42 Å². The van der Waals surface area contributed by atoms with Gasteiger partial charge in [-0.3, -0.25) is 0 Å². The number of benzene rings is 8. The molecule has 11 aromatic rings. The molecule has 0 aliphatic heterocycles. The predicted molar refractivity (Wildman–Crippen MR) is 236 cm³/mol. The summed E-state index contributed by atoms with van der Waals surface area (Å²) in [5.41, 5.74) is 9.79. The number of furan rings is 1. The van der Waals surface area contributed by atoms with E-state index in [2.05, 4.69) is 132 Å². The summed E-state index contributed by atoms with van der Waals surface area (Å²) >= 11 is 1.83. The summed E-state index contributed by atoms with van der Waals surface area (Å²) in [4.78, 5) is 17.2. The van der Waals surface area contributed by atoms with Crippen LogP contribution in [0.5, 0.6) is 0 Å². The Hall–Kier alpha value is -7.41. The van der Waals surface area contributed by atoms with Crippen molar-refractivity contribution in [1.29, 1.82) is 0 Å². The summed E-state index contributed by atoms with van der Waals surface area (Å²) in [5, 5.41) is 4.60. The van der Waals surface area contributed by atoms with E-state index in [1.165, 1.54) is 31.3 Å². The number of nitrogens with zero attached hydrogens (tertiary/aromatic N) is 4. The Morgan fingerprint density at radius 3 is 1.61 bits per heavy atom. The van der Waals surface area contributed by atoms with Gasteiger partial charge in [-0.1, -0.05) is 140 Å². The van der Waals surface area contributed by atoms with E-state index in [4.69, 9.17) is 19.4 Å². The number of rotatable bonds is 7. The highest BCUT2D eigenvalue weighted by atomic mass is 32.1. The number of aromatic nitrogens is 3. The topological polar surface area (TPSA) is 55.1 Å². The van der Waals surface area contributed by atoms with E-state index in [0.29, 0.717) is 17.5 Å². The third kappa shape index (κ3) is 5.91. The molecule has 6 heteroatoms. The number of hydrogen-bond donors (Lipinski definition) is 0. The van der Waals surface area contributed by atoms with Crippen LogP contribution in [0.3, 0.4) is 0 Å². The van der Waals surface area contributed by atoms with Gasteiger partial charge in [-0.15, -0.1) is 11.3 Å². The summed E-state index contributed by atoms with van der Waals surface area (Å²) in [7, 11) is 0. The van der Waals surface area contributed by atoms with E-state index in [-0.39, 0.29) is 0 Å². The third-order valence-electron chi connectivity index (χ3n) is 10.5. The summed E-state index contributed by atoms with van der Waals surface area (Å²) < 4.78 is 9.23. The Bertz CT molecular complexity index is 3170. The molecule has 0 saturated carbocycles. The maximum absolute atomic E-state index is 6.70. The number of anilines is 3. The molecule has 0 amide bonds.